The maximum atomic E-state index is 9.70. The summed E-state index contributed by atoms with van der Waals surface area (Å²) in [5, 5.41) is -0.285. The highest BCUT2D eigenvalue weighted by Crippen LogP contribution is 2.48. The van der Waals surface area contributed by atoms with Crippen LogP contribution in [0.25, 0.3) is 71.3 Å². The second-order valence-corrected chi connectivity index (χ2v) is 9.22. The number of nitrogens with zero attached hydrogens (tertiary/aromatic N) is 1. The van der Waals surface area contributed by atoms with E-state index in [1.54, 1.807) is 24.3 Å². The Morgan fingerprint density at radius 3 is 2.25 bits per heavy atom. The molecule has 0 N–H and O–H groups in total. The lowest BCUT2D eigenvalue weighted by Crippen LogP contribution is -1.98. The van der Waals surface area contributed by atoms with E-state index in [-0.39, 0.29) is 22.1 Å². The van der Waals surface area contributed by atoms with Gasteiger partial charge < -0.3 is 9.30 Å². The molecule has 40 heavy (non-hydrogen) atoms. The number of fused-ring (bicyclic) bond motifs is 7. The van der Waals surface area contributed by atoms with Gasteiger partial charge in [0.25, 0.3) is 0 Å². The van der Waals surface area contributed by atoms with Crippen LogP contribution in [0.1, 0.15) is 23.3 Å². The monoisotopic (exact) mass is 526 g/mol. The Morgan fingerprint density at radius 2 is 1.32 bits per heavy atom. The molecule has 1 aromatic heterocycles. The van der Waals surface area contributed by atoms with Crippen LogP contribution in [-0.4, -0.2) is 4.57 Å². The number of hydrogen-bond acceptors (Lipinski definition) is 1. The molecule has 8 aromatic rings. The summed E-state index contributed by atoms with van der Waals surface area (Å²) < 4.78 is 159. The molecule has 0 spiro atoms. The van der Waals surface area contributed by atoms with Crippen molar-refractivity contribution in [3.63, 3.8) is 0 Å². The molecule has 9 rings (SSSR count). The summed E-state index contributed by atoms with van der Waals surface area (Å²) in [4.78, 5) is 0. The second kappa shape index (κ2) is 8.08. The molecule has 186 valence electrons. The van der Waals surface area contributed by atoms with E-state index in [4.69, 9.17) is 19.8 Å². The summed E-state index contributed by atoms with van der Waals surface area (Å²) in [6.07, 6.45) is 0. The molecule has 0 unspecified atom stereocenters. The van der Waals surface area contributed by atoms with Crippen molar-refractivity contribution in [1.29, 1.82) is 0 Å². The molecule has 0 aliphatic carbocycles. The summed E-state index contributed by atoms with van der Waals surface area (Å²) >= 11 is 0. The van der Waals surface area contributed by atoms with Gasteiger partial charge in [0.1, 0.15) is 11.5 Å². The van der Waals surface area contributed by atoms with Gasteiger partial charge in [-0.2, -0.15) is 0 Å². The van der Waals surface area contributed by atoms with Crippen LogP contribution in [0.5, 0.6) is 11.5 Å². The van der Waals surface area contributed by atoms with Gasteiger partial charge in [0.2, 0.25) is 0 Å². The zero-order chi connectivity index (χ0) is 41.0. The van der Waals surface area contributed by atoms with E-state index in [2.05, 4.69) is 0 Å². The van der Waals surface area contributed by atoms with Crippen LogP contribution in [0.3, 0.4) is 0 Å². The van der Waals surface area contributed by atoms with Gasteiger partial charge in [-0.25, -0.2) is 0 Å². The first-order valence-corrected chi connectivity index (χ1v) is 12.3. The minimum Gasteiger partial charge on any atom is -0.456 e. The number of para-hydroxylation sites is 2. The largest absolute Gasteiger partial charge is 0.456 e. The molecule has 0 bridgehead atoms. The first kappa shape index (κ1) is 11.0. The summed E-state index contributed by atoms with van der Waals surface area (Å²) in [5.74, 6) is 0.240. The smallest absolute Gasteiger partial charge is 0.135 e. The molecular formula is C38H23NO. The number of benzene rings is 7. The van der Waals surface area contributed by atoms with Crippen LogP contribution in [0.2, 0.25) is 0 Å². The lowest BCUT2D eigenvalue weighted by Gasteiger charge is -2.22. The molecule has 0 amide bonds. The third kappa shape index (κ3) is 2.93. The van der Waals surface area contributed by atoms with Gasteiger partial charge in [0.15, 0.2) is 0 Å². The van der Waals surface area contributed by atoms with Crippen LogP contribution in [0, 0.1) is 0 Å². The topological polar surface area (TPSA) is 14.2 Å². The molecule has 0 saturated heterocycles. The minimum absolute atomic E-state index is 0.0593. The van der Waals surface area contributed by atoms with Gasteiger partial charge in [0.05, 0.1) is 34.3 Å². The minimum atomic E-state index is -0.824. The maximum absolute atomic E-state index is 9.70. The van der Waals surface area contributed by atoms with E-state index in [0.717, 1.165) is 9.95 Å². The average molecular weight is 527 g/mol. The highest BCUT2D eigenvalue weighted by Gasteiger charge is 2.22. The van der Waals surface area contributed by atoms with E-state index in [1.165, 1.54) is 0 Å². The second-order valence-electron chi connectivity index (χ2n) is 9.22. The van der Waals surface area contributed by atoms with Crippen molar-refractivity contribution in [2.75, 3.05) is 0 Å². The van der Waals surface area contributed by atoms with Gasteiger partial charge in [-0.1, -0.05) is 109 Å². The van der Waals surface area contributed by atoms with Gasteiger partial charge in [0, 0.05) is 38.4 Å². The predicted molar refractivity (Wildman–Crippen MR) is 167 cm³/mol. The van der Waals surface area contributed by atoms with E-state index < -0.39 is 141 Å². The number of aromatic nitrogens is 1. The van der Waals surface area contributed by atoms with Crippen LogP contribution >= 0.6 is 0 Å². The van der Waals surface area contributed by atoms with Crippen molar-refractivity contribution in [2.24, 2.45) is 0 Å². The van der Waals surface area contributed by atoms with Gasteiger partial charge in [-0.15, -0.1) is 0 Å². The molecule has 2 nitrogen and oxygen atoms in total. The standard InChI is InChI=1S/C38H23NO/c1-2-12-27(13-3-1)39-37-28-14-5-4-9-24(28)19-21-32(37)31-17-8-15-29(38(31)39)26-20-22-34-33(23-26)30-16-6-10-25-11-7-18-35(40-34)36(25)30/h1-23H/i1D,2D,3D,4D,5D,8D,9D,12D,13D,14D,15D,17D,19D,20D,21D,22D,23D. The molecule has 0 saturated carbocycles. The van der Waals surface area contributed by atoms with Crippen LogP contribution in [0.15, 0.2) is 139 Å². The third-order valence-electron chi connectivity index (χ3n) is 7.11. The first-order chi connectivity index (χ1) is 26.9. The zero-order valence-electron chi connectivity index (χ0n) is 37.3. The fourth-order valence-electron chi connectivity index (χ4n) is 5.47. The zero-order valence-corrected chi connectivity index (χ0v) is 20.3. The number of ether oxygens (including phenoxy) is 1. The van der Waals surface area contributed by atoms with Crippen LogP contribution in [0.4, 0.5) is 0 Å². The Morgan fingerprint density at radius 1 is 0.525 bits per heavy atom. The van der Waals surface area contributed by atoms with Crippen molar-refractivity contribution in [3.05, 3.63) is 139 Å². The van der Waals surface area contributed by atoms with Gasteiger partial charge >= 0.3 is 0 Å². The summed E-state index contributed by atoms with van der Waals surface area (Å²) in [7, 11) is 0. The normalized spacial score (nSPS) is 18.1. The van der Waals surface area contributed by atoms with Crippen molar-refractivity contribution in [2.45, 2.75) is 0 Å². The maximum Gasteiger partial charge on any atom is 0.135 e. The third-order valence-corrected chi connectivity index (χ3v) is 7.11. The molecular weight excluding hydrogens is 486 g/mol. The molecule has 2 heteroatoms. The van der Waals surface area contributed by atoms with Gasteiger partial charge in [-0.05, 0) is 52.1 Å². The Bertz CT molecular complexity index is 3210. The van der Waals surface area contributed by atoms with E-state index in [0.29, 0.717) is 16.7 Å². The van der Waals surface area contributed by atoms with Crippen molar-refractivity contribution in [3.8, 4) is 39.4 Å². The highest BCUT2D eigenvalue weighted by atomic mass is 16.5. The first-order valence-electron chi connectivity index (χ1n) is 20.8. The lowest BCUT2D eigenvalue weighted by atomic mass is 9.92. The lowest BCUT2D eigenvalue weighted by molar-refractivity contribution is 0.487. The SMILES string of the molecule is [2H]c1c([2H])c([2H])c(-n2c3c(-c4c([2H])c([2H])c5c(c4[2H])-c4cccc6cccc(c46)O5)c([2H])c([2H])c([2H])c3c3c([2H])c([2H])c4c([2H])c([2H])c([2H])c([2H])c4c32)c([2H])c1[2H]. The summed E-state index contributed by atoms with van der Waals surface area (Å²) in [6, 6.07) is -1.75. The van der Waals surface area contributed by atoms with Crippen molar-refractivity contribution < 1.29 is 28.0 Å². The average Bonchev–Trinajstić information content (AvgIpc) is 3.53. The Balaban J connectivity index is 1.63. The van der Waals surface area contributed by atoms with Crippen molar-refractivity contribution in [1.82, 2.24) is 4.57 Å². The molecule has 0 fully saturated rings. The fraction of sp³-hybridized carbons (Fsp3) is 0. The molecule has 2 heterocycles. The predicted octanol–water partition coefficient (Wildman–Crippen LogP) is 10.5. The quantitative estimate of drug-likeness (QED) is 0.218. The molecule has 1 aliphatic rings. The number of rotatable bonds is 2. The fourth-order valence-corrected chi connectivity index (χ4v) is 5.47. The Kier molecular flexibility index (Phi) is 2.23. The highest BCUT2D eigenvalue weighted by molar-refractivity contribution is 6.21. The molecule has 1 aliphatic heterocycles. The Hall–Kier alpha value is -5.34. The van der Waals surface area contributed by atoms with Crippen molar-refractivity contribution >= 4 is 43.4 Å². The van der Waals surface area contributed by atoms with E-state index in [9.17, 15) is 8.22 Å². The van der Waals surface area contributed by atoms with E-state index in [1.807, 2.05) is 12.1 Å². The molecule has 7 aromatic carbocycles. The number of hydrogen-bond donors (Lipinski definition) is 0. The van der Waals surface area contributed by atoms with Crippen LogP contribution < -0.4 is 4.74 Å². The van der Waals surface area contributed by atoms with Crippen LogP contribution in [-0.2, 0) is 0 Å². The molecule has 0 atom stereocenters. The van der Waals surface area contributed by atoms with E-state index >= 15 is 0 Å². The van der Waals surface area contributed by atoms with Gasteiger partial charge in [-0.3, -0.25) is 0 Å². The molecule has 0 radical (unpaired) electrons. The summed E-state index contributed by atoms with van der Waals surface area (Å²) in [6.45, 7) is 0. The Labute approximate surface area is 255 Å². The summed E-state index contributed by atoms with van der Waals surface area (Å²) in [5.41, 5.74) is -1.82.